The van der Waals surface area contributed by atoms with E-state index in [2.05, 4.69) is 31.3 Å². The largest absolute Gasteiger partial charge is 0.501 e. The Balaban J connectivity index is 1.32. The number of rotatable bonds is 17. The minimum atomic E-state index is -0.865. The average Bonchev–Trinajstić information content (AvgIpc) is 3.18. The van der Waals surface area contributed by atoms with E-state index in [-0.39, 0.29) is 38.5 Å². The van der Waals surface area contributed by atoms with Gasteiger partial charge in [0.1, 0.15) is 17.2 Å². The molecule has 4 fully saturated rings. The zero-order chi connectivity index (χ0) is 41.7. The van der Waals surface area contributed by atoms with Gasteiger partial charge in [-0.1, -0.05) is 6.42 Å². The van der Waals surface area contributed by atoms with Crippen LogP contribution in [-0.2, 0) is 4.79 Å². The highest BCUT2D eigenvalue weighted by Gasteiger charge is 2.68. The van der Waals surface area contributed by atoms with E-state index in [0.717, 1.165) is 37.0 Å². The third-order valence-electron chi connectivity index (χ3n) is 11.4. The summed E-state index contributed by atoms with van der Waals surface area (Å²) in [6.07, 6.45) is 7.73. The number of nitrogens with zero attached hydrogens (tertiary/aromatic N) is 2. The molecule has 8 N–H and O–H groups in total. The van der Waals surface area contributed by atoms with Gasteiger partial charge in [-0.25, -0.2) is 0 Å². The molecule has 3 heterocycles. The van der Waals surface area contributed by atoms with Crippen LogP contribution in [0.5, 0.6) is 17.2 Å². The number of carbonyl (C=O) groups excluding carboxylic acids is 4. The molecule has 0 radical (unpaired) electrons. The predicted molar refractivity (Wildman–Crippen MR) is 198 cm³/mol. The Morgan fingerprint density at radius 2 is 0.931 bits per heavy atom. The van der Waals surface area contributed by atoms with Crippen LogP contribution in [0, 0.1) is 27.2 Å². The lowest BCUT2D eigenvalue weighted by Gasteiger charge is -2.71. The fourth-order valence-electron chi connectivity index (χ4n) is 10.1. The topological polar surface area (TPSA) is 318 Å². The molecule has 58 heavy (non-hydrogen) atoms. The van der Waals surface area contributed by atoms with Crippen LogP contribution < -0.4 is 42.5 Å². The zero-order valence-corrected chi connectivity index (χ0v) is 31.4. The lowest BCUT2D eigenvalue weighted by atomic mass is 9.35. The molecule has 4 saturated carbocycles. The molecule has 3 aromatic rings. The second-order valence-electron chi connectivity index (χ2n) is 16.0. The summed E-state index contributed by atoms with van der Waals surface area (Å²) in [6, 6.07) is 2.89. The lowest BCUT2D eigenvalue weighted by Crippen LogP contribution is -2.68. The van der Waals surface area contributed by atoms with Gasteiger partial charge in [-0.15, -0.1) is 0 Å². The number of nitrogens with one attached hydrogen (secondary N) is 5. The first-order valence-corrected chi connectivity index (χ1v) is 18.7. The molecule has 3 aromatic heterocycles. The van der Waals surface area contributed by atoms with Crippen LogP contribution >= 0.6 is 0 Å². The van der Waals surface area contributed by atoms with Crippen molar-refractivity contribution in [1.29, 1.82) is 5.53 Å². The maximum absolute atomic E-state index is 13.4. The fraction of sp³-hybridized carbons (Fsp3) is 0.500. The van der Waals surface area contributed by atoms with Crippen LogP contribution in [-0.4, -0.2) is 71.7 Å². The molecular weight excluding hydrogens is 762 g/mol. The van der Waals surface area contributed by atoms with Crippen LogP contribution in [0.1, 0.15) is 95.9 Å². The molecule has 4 aliphatic carbocycles. The first-order chi connectivity index (χ1) is 27.6. The van der Waals surface area contributed by atoms with E-state index in [1.807, 2.05) is 0 Å². The SMILES string of the molecule is N=[N+]=NCCCCCC(=O)NCC12CC3(CNC(=O)c4occc(=O)c4O)CC(CNC(=O)c4occc(=O)c4O)(C1)CC(CNC(=O)c1occc(=O)c1O)(C2)C3. The molecule has 0 spiro atoms. The van der Waals surface area contributed by atoms with Gasteiger partial charge in [-0.3, -0.25) is 33.6 Å². The highest BCUT2D eigenvalue weighted by atomic mass is 16.4. The summed E-state index contributed by atoms with van der Waals surface area (Å²) >= 11 is 0. The molecule has 4 bridgehead atoms. The molecule has 0 unspecified atom stereocenters. The van der Waals surface area contributed by atoms with Crippen molar-refractivity contribution in [3.63, 3.8) is 0 Å². The van der Waals surface area contributed by atoms with E-state index in [4.69, 9.17) is 18.8 Å². The van der Waals surface area contributed by atoms with E-state index in [9.17, 15) is 48.9 Å². The second kappa shape index (κ2) is 16.5. The van der Waals surface area contributed by atoms with E-state index in [0.29, 0.717) is 64.3 Å². The standard InChI is InChI=1S/C38H43N7O13/c39-45-44-8-3-1-2-4-25(49)40-18-35-12-36(19-41-32(53)29-26(50)22(46)5-9-56-29)15-37(13-35,20-42-33(54)30-27(51)23(47)6-10-57-30)17-38(14-35,16-36)21-43-34(55)31-28(52)24(48)7-11-58-31/h5-7,9-11,39H,1-4,8,12-21H2,(H6-,40,41,42,43,49,50,51,52,53,54,55)/p+1. The Bertz CT molecular complexity index is 2100. The minimum Gasteiger partial charge on any atom is -0.501 e. The summed E-state index contributed by atoms with van der Waals surface area (Å²) < 4.78 is 15.5. The van der Waals surface area contributed by atoms with E-state index >= 15 is 0 Å². The summed E-state index contributed by atoms with van der Waals surface area (Å²) in [5.74, 6) is -7.12. The highest BCUT2D eigenvalue weighted by molar-refractivity contribution is 5.94. The van der Waals surface area contributed by atoms with Crippen LogP contribution in [0.2, 0.25) is 0 Å². The van der Waals surface area contributed by atoms with Crippen LogP contribution in [0.3, 0.4) is 0 Å². The third-order valence-corrected chi connectivity index (χ3v) is 11.4. The Kier molecular flexibility index (Phi) is 11.7. The van der Waals surface area contributed by atoms with Crippen molar-refractivity contribution in [2.24, 2.45) is 26.8 Å². The summed E-state index contributed by atoms with van der Waals surface area (Å²) in [5, 5.41) is 46.0. The third kappa shape index (κ3) is 8.71. The van der Waals surface area contributed by atoms with Gasteiger partial charge in [0.2, 0.25) is 61.6 Å². The maximum atomic E-state index is 13.4. The van der Waals surface area contributed by atoms with E-state index in [1.54, 1.807) is 0 Å². The molecule has 0 aromatic carbocycles. The van der Waals surface area contributed by atoms with Crippen molar-refractivity contribution in [3.05, 3.63) is 84.9 Å². The molecule has 4 aliphatic rings. The van der Waals surface area contributed by atoms with Gasteiger partial charge >= 0.3 is 0 Å². The highest BCUT2D eigenvalue weighted by Crippen LogP contribution is 2.73. The number of hydrogen-bond donors (Lipinski definition) is 8. The average molecular weight is 807 g/mol. The van der Waals surface area contributed by atoms with Crippen molar-refractivity contribution in [2.45, 2.75) is 64.2 Å². The smallest absolute Gasteiger partial charge is 0.291 e. The molecule has 308 valence electrons. The number of hydrogen-bond acceptors (Lipinski definition) is 15. The monoisotopic (exact) mass is 806 g/mol. The Morgan fingerprint density at radius 1 is 0.586 bits per heavy atom. The summed E-state index contributed by atoms with van der Waals surface area (Å²) in [5.41, 5.74) is 1.34. The quantitative estimate of drug-likeness (QED) is 0.0549. The minimum absolute atomic E-state index is 0.0106. The maximum Gasteiger partial charge on any atom is 0.291 e. The zero-order valence-electron chi connectivity index (χ0n) is 31.4. The Hall–Kier alpha value is -6.56. The van der Waals surface area contributed by atoms with Gasteiger partial charge < -0.3 is 49.8 Å². The van der Waals surface area contributed by atoms with Gasteiger partial charge in [-0.05, 0) is 73.0 Å². The summed E-state index contributed by atoms with van der Waals surface area (Å²) in [6.45, 7) is 0.541. The van der Waals surface area contributed by atoms with E-state index < -0.39 is 90.2 Å². The summed E-state index contributed by atoms with van der Waals surface area (Å²) in [4.78, 5) is 92.7. The normalized spacial score (nSPS) is 24.0. The van der Waals surface area contributed by atoms with Crippen molar-refractivity contribution < 1.29 is 47.7 Å². The number of carbonyl (C=O) groups is 4. The Morgan fingerprint density at radius 3 is 1.28 bits per heavy atom. The van der Waals surface area contributed by atoms with Crippen LogP contribution in [0.4, 0.5) is 0 Å². The van der Waals surface area contributed by atoms with Gasteiger partial charge in [-0.2, -0.15) is 0 Å². The van der Waals surface area contributed by atoms with Gasteiger partial charge in [0.15, 0.2) is 0 Å². The first kappa shape index (κ1) is 41.1. The number of aromatic hydroxyl groups is 3. The predicted octanol–water partition coefficient (Wildman–Crippen LogP) is 1.81. The molecular formula is C38H44N7O13+. The molecule has 0 atom stereocenters. The van der Waals surface area contributed by atoms with E-state index in [1.165, 1.54) is 0 Å². The Labute approximate surface area is 328 Å². The van der Waals surface area contributed by atoms with Crippen molar-refractivity contribution in [1.82, 2.24) is 26.2 Å². The first-order valence-electron chi connectivity index (χ1n) is 18.7. The van der Waals surface area contributed by atoms with Gasteiger partial charge in [0.25, 0.3) is 17.7 Å². The molecule has 0 saturated heterocycles. The van der Waals surface area contributed by atoms with Crippen molar-refractivity contribution in [2.75, 3.05) is 32.7 Å². The summed E-state index contributed by atoms with van der Waals surface area (Å²) in [7, 11) is 0. The lowest BCUT2D eigenvalue weighted by molar-refractivity contribution is -0.195. The number of amides is 4. The van der Waals surface area contributed by atoms with Crippen molar-refractivity contribution in [3.8, 4) is 17.2 Å². The van der Waals surface area contributed by atoms with Gasteiger partial charge in [0.05, 0.1) is 18.8 Å². The molecule has 20 heteroatoms. The van der Waals surface area contributed by atoms with Crippen LogP contribution in [0.25, 0.3) is 0 Å². The van der Waals surface area contributed by atoms with Crippen molar-refractivity contribution >= 4 is 23.6 Å². The molecule has 4 amide bonds. The molecule has 0 aliphatic heterocycles. The van der Waals surface area contributed by atoms with Gasteiger partial charge in [0, 0.05) is 50.8 Å². The fourth-order valence-corrected chi connectivity index (χ4v) is 10.1. The number of unbranched alkanes of at least 4 members (excludes halogenated alkanes) is 2. The molecule has 20 nitrogen and oxygen atoms in total. The molecule has 7 rings (SSSR count). The van der Waals surface area contributed by atoms with Crippen LogP contribution in [0.15, 0.2) is 69.7 Å². The second-order valence-corrected chi connectivity index (χ2v) is 16.0.